The summed E-state index contributed by atoms with van der Waals surface area (Å²) in [6.07, 6.45) is 4.15. The van der Waals surface area contributed by atoms with Crippen molar-refractivity contribution in [1.29, 1.82) is 0 Å². The minimum Gasteiger partial charge on any atom is -0.356 e. The van der Waals surface area contributed by atoms with Crippen LogP contribution in [-0.2, 0) is 0 Å². The summed E-state index contributed by atoms with van der Waals surface area (Å²) < 4.78 is 0. The molecule has 1 atom stereocenters. The lowest BCUT2D eigenvalue weighted by Crippen LogP contribution is -2.39. The molecule has 0 bridgehead atoms. The highest BCUT2D eigenvalue weighted by Gasteiger charge is 2.20. The van der Waals surface area contributed by atoms with Crippen molar-refractivity contribution in [2.45, 2.75) is 12.8 Å². The highest BCUT2D eigenvalue weighted by molar-refractivity contribution is 5.93. The van der Waals surface area contributed by atoms with Gasteiger partial charge < -0.3 is 15.1 Å². The highest BCUT2D eigenvalue weighted by Crippen LogP contribution is 2.21. The van der Waals surface area contributed by atoms with E-state index in [1.165, 1.54) is 12.8 Å². The van der Waals surface area contributed by atoms with E-state index < -0.39 is 0 Å². The Morgan fingerprint density at radius 2 is 2.30 bits per heavy atom. The van der Waals surface area contributed by atoms with Crippen molar-refractivity contribution in [3.63, 3.8) is 0 Å². The first-order valence-corrected chi connectivity index (χ1v) is 7.19. The Labute approximate surface area is 121 Å². The molecule has 110 valence electrons. The molecule has 5 nitrogen and oxygen atoms in total. The van der Waals surface area contributed by atoms with E-state index in [-0.39, 0.29) is 5.91 Å². The van der Waals surface area contributed by atoms with Crippen LogP contribution < -0.4 is 10.2 Å². The predicted octanol–water partition coefficient (Wildman–Crippen LogP) is 1.22. The molecule has 0 radical (unpaired) electrons. The standard InChI is InChI=1S/C15H24N4O/c1-16-9-12-5-4-8-19(11-12)14-7-6-13(10-17-14)15(20)18(2)3/h6-7,10,12,16H,4-5,8-9,11H2,1-3H3. The zero-order chi connectivity index (χ0) is 14.5. The van der Waals surface area contributed by atoms with Gasteiger partial charge in [0.25, 0.3) is 5.91 Å². The monoisotopic (exact) mass is 276 g/mol. The Balaban J connectivity index is 2.04. The first-order valence-electron chi connectivity index (χ1n) is 7.19. The van der Waals surface area contributed by atoms with Crippen molar-refractivity contribution in [2.75, 3.05) is 45.7 Å². The summed E-state index contributed by atoms with van der Waals surface area (Å²) in [6, 6.07) is 3.82. The quantitative estimate of drug-likeness (QED) is 0.898. The fourth-order valence-electron chi connectivity index (χ4n) is 2.69. The van der Waals surface area contributed by atoms with Crippen LogP contribution >= 0.6 is 0 Å². The Hall–Kier alpha value is -1.62. The summed E-state index contributed by atoms with van der Waals surface area (Å²) >= 11 is 0. The number of aromatic nitrogens is 1. The molecule has 5 heteroatoms. The average molecular weight is 276 g/mol. The summed E-state index contributed by atoms with van der Waals surface area (Å²) in [6.45, 7) is 3.14. The average Bonchev–Trinajstić information content (AvgIpc) is 2.47. The second-order valence-electron chi connectivity index (χ2n) is 5.62. The molecule has 1 saturated heterocycles. The lowest BCUT2D eigenvalue weighted by Gasteiger charge is -2.33. The van der Waals surface area contributed by atoms with Crippen LogP contribution in [0.5, 0.6) is 0 Å². The first kappa shape index (κ1) is 14.8. The number of amides is 1. The summed E-state index contributed by atoms with van der Waals surface area (Å²) in [7, 11) is 5.51. The SMILES string of the molecule is CNCC1CCCN(c2ccc(C(=O)N(C)C)cn2)C1. The topological polar surface area (TPSA) is 48.5 Å². The lowest BCUT2D eigenvalue weighted by molar-refractivity contribution is 0.0827. The number of carbonyl (C=O) groups is 1. The fraction of sp³-hybridized carbons (Fsp3) is 0.600. The van der Waals surface area contributed by atoms with Gasteiger partial charge in [0.15, 0.2) is 0 Å². The van der Waals surface area contributed by atoms with Crippen LogP contribution in [0.4, 0.5) is 5.82 Å². The van der Waals surface area contributed by atoms with Crippen LogP contribution in [0.1, 0.15) is 23.2 Å². The van der Waals surface area contributed by atoms with Crippen LogP contribution in [-0.4, -0.2) is 56.6 Å². The number of pyridine rings is 1. The van der Waals surface area contributed by atoms with Crippen molar-refractivity contribution < 1.29 is 4.79 Å². The van der Waals surface area contributed by atoms with Gasteiger partial charge in [0.2, 0.25) is 0 Å². The Morgan fingerprint density at radius 1 is 1.50 bits per heavy atom. The number of hydrogen-bond donors (Lipinski definition) is 1. The van der Waals surface area contributed by atoms with Crippen LogP contribution in [0, 0.1) is 5.92 Å². The molecule has 0 saturated carbocycles. The molecule has 1 aromatic rings. The molecule has 0 aromatic carbocycles. The molecule has 1 unspecified atom stereocenters. The molecule has 0 spiro atoms. The molecule has 1 N–H and O–H groups in total. The van der Waals surface area contributed by atoms with Crippen LogP contribution in [0.25, 0.3) is 0 Å². The van der Waals surface area contributed by atoms with E-state index in [9.17, 15) is 4.79 Å². The third kappa shape index (κ3) is 3.48. The maximum absolute atomic E-state index is 11.8. The molecular formula is C15H24N4O. The molecule has 1 aromatic heterocycles. The van der Waals surface area contributed by atoms with Gasteiger partial charge in [-0.3, -0.25) is 4.79 Å². The molecular weight excluding hydrogens is 252 g/mol. The predicted molar refractivity (Wildman–Crippen MR) is 81.1 cm³/mol. The van der Waals surface area contributed by atoms with Gasteiger partial charge in [-0.15, -0.1) is 0 Å². The van der Waals surface area contributed by atoms with Gasteiger partial charge in [-0.25, -0.2) is 4.98 Å². The minimum absolute atomic E-state index is 0.00393. The summed E-state index contributed by atoms with van der Waals surface area (Å²) in [5.41, 5.74) is 0.641. The van der Waals surface area contributed by atoms with Crippen molar-refractivity contribution in [1.82, 2.24) is 15.2 Å². The van der Waals surface area contributed by atoms with Gasteiger partial charge in [-0.1, -0.05) is 0 Å². The van der Waals surface area contributed by atoms with Gasteiger partial charge >= 0.3 is 0 Å². The lowest BCUT2D eigenvalue weighted by atomic mass is 9.98. The summed E-state index contributed by atoms with van der Waals surface area (Å²) in [4.78, 5) is 20.2. The molecule has 1 aliphatic heterocycles. The summed E-state index contributed by atoms with van der Waals surface area (Å²) in [5.74, 6) is 1.65. The van der Waals surface area contributed by atoms with Crippen molar-refractivity contribution in [3.8, 4) is 0 Å². The van der Waals surface area contributed by atoms with E-state index >= 15 is 0 Å². The number of carbonyl (C=O) groups excluding carboxylic acids is 1. The van der Waals surface area contributed by atoms with Crippen LogP contribution in [0.15, 0.2) is 18.3 Å². The van der Waals surface area contributed by atoms with E-state index in [1.54, 1.807) is 25.2 Å². The van der Waals surface area contributed by atoms with Crippen LogP contribution in [0.3, 0.4) is 0 Å². The second-order valence-corrected chi connectivity index (χ2v) is 5.62. The number of anilines is 1. The van der Waals surface area contributed by atoms with Gasteiger partial charge in [0.05, 0.1) is 5.56 Å². The van der Waals surface area contributed by atoms with Gasteiger partial charge in [0, 0.05) is 33.4 Å². The molecule has 2 rings (SSSR count). The molecule has 0 aliphatic carbocycles. The van der Waals surface area contributed by atoms with E-state index in [4.69, 9.17) is 0 Å². The fourth-order valence-corrected chi connectivity index (χ4v) is 2.69. The Bertz CT molecular complexity index is 442. The maximum Gasteiger partial charge on any atom is 0.254 e. The van der Waals surface area contributed by atoms with E-state index in [1.807, 2.05) is 19.2 Å². The molecule has 1 fully saturated rings. The largest absolute Gasteiger partial charge is 0.356 e. The summed E-state index contributed by atoms with van der Waals surface area (Å²) in [5, 5.41) is 3.25. The number of piperidine rings is 1. The minimum atomic E-state index is -0.00393. The first-order chi connectivity index (χ1) is 9.61. The van der Waals surface area contributed by atoms with E-state index in [0.29, 0.717) is 11.5 Å². The van der Waals surface area contributed by atoms with Crippen molar-refractivity contribution in [2.24, 2.45) is 5.92 Å². The third-order valence-corrected chi connectivity index (χ3v) is 3.74. The molecule has 1 aliphatic rings. The Kier molecular flexibility index (Phi) is 4.95. The number of nitrogens with zero attached hydrogens (tertiary/aromatic N) is 3. The van der Waals surface area contributed by atoms with Gasteiger partial charge in [-0.2, -0.15) is 0 Å². The molecule has 2 heterocycles. The number of nitrogens with one attached hydrogen (secondary N) is 1. The zero-order valence-electron chi connectivity index (χ0n) is 12.6. The number of rotatable bonds is 4. The Morgan fingerprint density at radius 3 is 2.90 bits per heavy atom. The zero-order valence-corrected chi connectivity index (χ0v) is 12.6. The smallest absolute Gasteiger partial charge is 0.254 e. The van der Waals surface area contributed by atoms with Gasteiger partial charge in [0.1, 0.15) is 5.82 Å². The van der Waals surface area contributed by atoms with Crippen LogP contribution in [0.2, 0.25) is 0 Å². The van der Waals surface area contributed by atoms with E-state index in [0.717, 1.165) is 25.5 Å². The third-order valence-electron chi connectivity index (χ3n) is 3.74. The van der Waals surface area contributed by atoms with Gasteiger partial charge in [-0.05, 0) is 44.5 Å². The van der Waals surface area contributed by atoms with Crippen molar-refractivity contribution >= 4 is 11.7 Å². The second kappa shape index (κ2) is 6.70. The highest BCUT2D eigenvalue weighted by atomic mass is 16.2. The number of hydrogen-bond acceptors (Lipinski definition) is 4. The molecule has 20 heavy (non-hydrogen) atoms. The normalized spacial score (nSPS) is 18.9. The van der Waals surface area contributed by atoms with E-state index in [2.05, 4.69) is 15.2 Å². The molecule has 1 amide bonds. The maximum atomic E-state index is 11.8. The van der Waals surface area contributed by atoms with Crippen molar-refractivity contribution in [3.05, 3.63) is 23.9 Å².